The molecule has 3 nitrogen and oxygen atoms in total. The SMILES string of the molecule is CC(C(=O)N(CC(C)C)C1CC1)=C1CNC1. The van der Waals surface area contributed by atoms with E-state index < -0.39 is 0 Å². The predicted molar refractivity (Wildman–Crippen MR) is 65.1 cm³/mol. The number of rotatable bonds is 4. The van der Waals surface area contributed by atoms with E-state index in [0.29, 0.717) is 12.0 Å². The lowest BCUT2D eigenvalue weighted by atomic mass is 10.0. The van der Waals surface area contributed by atoms with Crippen LogP contribution in [0.5, 0.6) is 0 Å². The van der Waals surface area contributed by atoms with Gasteiger partial charge >= 0.3 is 0 Å². The highest BCUT2D eigenvalue weighted by atomic mass is 16.2. The minimum Gasteiger partial charge on any atom is -0.336 e. The fourth-order valence-electron chi connectivity index (χ4n) is 2.06. The van der Waals surface area contributed by atoms with Gasteiger partial charge in [0.15, 0.2) is 0 Å². The Kier molecular flexibility index (Phi) is 3.33. The summed E-state index contributed by atoms with van der Waals surface area (Å²) in [5.41, 5.74) is 2.27. The van der Waals surface area contributed by atoms with Crippen LogP contribution in [0.25, 0.3) is 0 Å². The van der Waals surface area contributed by atoms with E-state index in [1.165, 1.54) is 18.4 Å². The van der Waals surface area contributed by atoms with Crippen molar-refractivity contribution in [1.29, 1.82) is 0 Å². The van der Waals surface area contributed by atoms with Gasteiger partial charge in [-0.2, -0.15) is 0 Å². The maximum absolute atomic E-state index is 12.3. The molecule has 0 aromatic heterocycles. The Balaban J connectivity index is 2.04. The first-order valence-corrected chi connectivity index (χ1v) is 6.30. The summed E-state index contributed by atoms with van der Waals surface area (Å²) in [6.45, 7) is 9.04. The number of hydrogen-bond acceptors (Lipinski definition) is 2. The van der Waals surface area contributed by atoms with Gasteiger partial charge in [0.1, 0.15) is 0 Å². The predicted octanol–water partition coefficient (Wildman–Crippen LogP) is 1.55. The molecule has 1 amide bonds. The normalized spacial score (nSPS) is 19.6. The van der Waals surface area contributed by atoms with E-state index in [9.17, 15) is 4.79 Å². The summed E-state index contributed by atoms with van der Waals surface area (Å²) in [7, 11) is 0. The van der Waals surface area contributed by atoms with Gasteiger partial charge in [0.25, 0.3) is 0 Å². The van der Waals surface area contributed by atoms with Crippen molar-refractivity contribution in [2.24, 2.45) is 5.92 Å². The highest BCUT2D eigenvalue weighted by Crippen LogP contribution is 2.29. The number of nitrogens with one attached hydrogen (secondary N) is 1. The quantitative estimate of drug-likeness (QED) is 0.732. The lowest BCUT2D eigenvalue weighted by Crippen LogP contribution is -2.41. The second kappa shape index (κ2) is 4.58. The Labute approximate surface area is 97.9 Å². The van der Waals surface area contributed by atoms with Crippen LogP contribution >= 0.6 is 0 Å². The summed E-state index contributed by atoms with van der Waals surface area (Å²) in [6.07, 6.45) is 2.39. The molecule has 0 aromatic rings. The van der Waals surface area contributed by atoms with E-state index >= 15 is 0 Å². The van der Waals surface area contributed by atoms with Crippen molar-refractivity contribution in [2.75, 3.05) is 19.6 Å². The van der Waals surface area contributed by atoms with Crippen LogP contribution in [0.1, 0.15) is 33.6 Å². The third kappa shape index (κ3) is 2.46. The maximum atomic E-state index is 12.3. The number of carbonyl (C=O) groups excluding carboxylic acids is 1. The van der Waals surface area contributed by atoms with Gasteiger partial charge in [0.05, 0.1) is 0 Å². The van der Waals surface area contributed by atoms with Crippen molar-refractivity contribution in [3.63, 3.8) is 0 Å². The zero-order valence-corrected chi connectivity index (χ0v) is 10.5. The molecule has 0 radical (unpaired) electrons. The Bertz CT molecular complexity index is 310. The molecular weight excluding hydrogens is 200 g/mol. The molecule has 1 aliphatic heterocycles. The van der Waals surface area contributed by atoms with E-state index in [-0.39, 0.29) is 5.91 Å². The Morgan fingerprint density at radius 2 is 2.06 bits per heavy atom. The van der Waals surface area contributed by atoms with Crippen molar-refractivity contribution in [2.45, 2.75) is 39.7 Å². The summed E-state index contributed by atoms with van der Waals surface area (Å²) >= 11 is 0. The third-order valence-corrected chi connectivity index (χ3v) is 3.34. The first-order chi connectivity index (χ1) is 7.59. The molecule has 2 aliphatic rings. The molecule has 1 N–H and O–H groups in total. The van der Waals surface area contributed by atoms with Crippen molar-refractivity contribution in [3.05, 3.63) is 11.1 Å². The van der Waals surface area contributed by atoms with Crippen LogP contribution in [0.3, 0.4) is 0 Å². The van der Waals surface area contributed by atoms with Crippen LogP contribution in [0.2, 0.25) is 0 Å². The zero-order valence-electron chi connectivity index (χ0n) is 10.5. The molecule has 90 valence electrons. The highest BCUT2D eigenvalue weighted by molar-refractivity contribution is 5.94. The van der Waals surface area contributed by atoms with Gasteiger partial charge in [-0.15, -0.1) is 0 Å². The maximum Gasteiger partial charge on any atom is 0.249 e. The molecular formula is C13H22N2O. The van der Waals surface area contributed by atoms with E-state index in [1.807, 2.05) is 6.92 Å². The molecule has 1 saturated carbocycles. The molecule has 0 bridgehead atoms. The van der Waals surface area contributed by atoms with Gasteiger partial charge in [0.2, 0.25) is 5.91 Å². The van der Waals surface area contributed by atoms with Crippen molar-refractivity contribution < 1.29 is 4.79 Å². The summed E-state index contributed by atoms with van der Waals surface area (Å²) in [6, 6.07) is 0.526. The molecule has 1 heterocycles. The summed E-state index contributed by atoms with van der Waals surface area (Å²) in [5, 5.41) is 3.19. The Hall–Kier alpha value is -0.830. The standard InChI is InChI=1S/C13H22N2O/c1-9(2)8-15(12-4-5-12)13(16)10(3)11-6-14-7-11/h9,12,14H,4-8H2,1-3H3. The van der Waals surface area contributed by atoms with Crippen molar-refractivity contribution in [1.82, 2.24) is 10.2 Å². The number of nitrogens with zero attached hydrogens (tertiary/aromatic N) is 1. The fraction of sp³-hybridized carbons (Fsp3) is 0.769. The van der Waals surface area contributed by atoms with E-state index in [0.717, 1.165) is 25.2 Å². The molecule has 1 aliphatic carbocycles. The van der Waals surface area contributed by atoms with Crippen molar-refractivity contribution in [3.8, 4) is 0 Å². The zero-order chi connectivity index (χ0) is 11.7. The molecule has 2 rings (SSSR count). The number of carbonyl (C=O) groups is 1. The van der Waals surface area contributed by atoms with Gasteiger partial charge in [-0.3, -0.25) is 4.79 Å². The molecule has 3 heteroatoms. The molecule has 0 unspecified atom stereocenters. The second-order valence-corrected chi connectivity index (χ2v) is 5.41. The first kappa shape index (κ1) is 11.6. The Morgan fingerprint density at radius 3 is 2.44 bits per heavy atom. The molecule has 0 spiro atoms. The van der Waals surface area contributed by atoms with Crippen LogP contribution in [0.4, 0.5) is 0 Å². The molecule has 2 fully saturated rings. The smallest absolute Gasteiger partial charge is 0.249 e. The van der Waals surface area contributed by atoms with Gasteiger partial charge in [-0.1, -0.05) is 13.8 Å². The van der Waals surface area contributed by atoms with E-state index in [2.05, 4.69) is 24.1 Å². The van der Waals surface area contributed by atoms with Gasteiger partial charge < -0.3 is 10.2 Å². The lowest BCUT2D eigenvalue weighted by molar-refractivity contribution is -0.128. The average Bonchev–Trinajstić information content (AvgIpc) is 2.93. The largest absolute Gasteiger partial charge is 0.336 e. The molecule has 0 aromatic carbocycles. The number of hydrogen-bond donors (Lipinski definition) is 1. The van der Waals surface area contributed by atoms with Gasteiger partial charge in [0, 0.05) is 31.2 Å². The summed E-state index contributed by atoms with van der Waals surface area (Å²) in [5.74, 6) is 0.828. The van der Waals surface area contributed by atoms with Gasteiger partial charge in [-0.25, -0.2) is 0 Å². The molecule has 16 heavy (non-hydrogen) atoms. The number of amides is 1. The van der Waals surface area contributed by atoms with Crippen LogP contribution in [-0.2, 0) is 4.79 Å². The van der Waals surface area contributed by atoms with Crippen LogP contribution in [-0.4, -0.2) is 36.5 Å². The minimum absolute atomic E-state index is 0.271. The van der Waals surface area contributed by atoms with Crippen LogP contribution < -0.4 is 5.32 Å². The second-order valence-electron chi connectivity index (χ2n) is 5.41. The molecule has 1 saturated heterocycles. The summed E-state index contributed by atoms with van der Waals surface area (Å²) in [4.78, 5) is 14.4. The third-order valence-electron chi connectivity index (χ3n) is 3.34. The highest BCUT2D eigenvalue weighted by Gasteiger charge is 2.34. The first-order valence-electron chi connectivity index (χ1n) is 6.30. The van der Waals surface area contributed by atoms with E-state index in [1.54, 1.807) is 0 Å². The summed E-state index contributed by atoms with van der Waals surface area (Å²) < 4.78 is 0. The van der Waals surface area contributed by atoms with Crippen molar-refractivity contribution >= 4 is 5.91 Å². The Morgan fingerprint density at radius 1 is 1.44 bits per heavy atom. The minimum atomic E-state index is 0.271. The molecule has 0 atom stereocenters. The fourth-order valence-corrected chi connectivity index (χ4v) is 2.06. The van der Waals surface area contributed by atoms with Crippen LogP contribution in [0.15, 0.2) is 11.1 Å². The van der Waals surface area contributed by atoms with Crippen LogP contribution in [0, 0.1) is 5.92 Å². The van der Waals surface area contributed by atoms with E-state index in [4.69, 9.17) is 0 Å². The monoisotopic (exact) mass is 222 g/mol. The topological polar surface area (TPSA) is 32.3 Å². The average molecular weight is 222 g/mol. The lowest BCUT2D eigenvalue weighted by Gasteiger charge is -2.28. The van der Waals surface area contributed by atoms with Gasteiger partial charge in [-0.05, 0) is 31.3 Å².